The third kappa shape index (κ3) is 2.63. The number of hydrogen-bond acceptors (Lipinski definition) is 5. The smallest absolute Gasteiger partial charge is 0.109 e. The van der Waals surface area contributed by atoms with E-state index in [1.165, 1.54) is 0 Å². The van der Waals surface area contributed by atoms with Gasteiger partial charge in [-0.3, -0.25) is 9.29 Å². The number of aromatic nitrogens is 3. The molecule has 0 fully saturated rings. The highest BCUT2D eigenvalue weighted by Gasteiger charge is 2.22. The predicted octanol–water partition coefficient (Wildman–Crippen LogP) is 4.12. The summed E-state index contributed by atoms with van der Waals surface area (Å²) in [5, 5.41) is 0. The maximum Gasteiger partial charge on any atom is 0.109 e. The molecule has 5 nitrogen and oxygen atoms in total. The number of nitrogens with one attached hydrogen (secondary N) is 2. The molecule has 0 amide bonds. The first-order valence-electron chi connectivity index (χ1n) is 7.98. The lowest BCUT2D eigenvalue weighted by molar-refractivity contribution is 0.792. The molecule has 2 N–H and O–H groups in total. The minimum absolute atomic E-state index is 0.329. The Morgan fingerprint density at radius 1 is 1.21 bits per heavy atom. The maximum absolute atomic E-state index is 4.87. The number of H-pyrrole nitrogens is 1. The van der Waals surface area contributed by atoms with E-state index in [2.05, 4.69) is 51.2 Å². The van der Waals surface area contributed by atoms with Gasteiger partial charge in [-0.05, 0) is 31.2 Å². The second-order valence-corrected chi connectivity index (χ2v) is 7.00. The number of aryl methyl sites for hydroxylation is 1. The van der Waals surface area contributed by atoms with Crippen molar-refractivity contribution in [2.75, 3.05) is 0 Å². The van der Waals surface area contributed by atoms with Crippen LogP contribution in [-0.2, 0) is 0 Å². The lowest BCUT2D eigenvalue weighted by Crippen LogP contribution is -2.06. The average molecular weight is 337 g/mol. The fraction of sp³-hybridized carbons (Fsp3) is 0.222. The van der Waals surface area contributed by atoms with Crippen LogP contribution in [0.3, 0.4) is 0 Å². The highest BCUT2D eigenvalue weighted by Crippen LogP contribution is 2.34. The largest absolute Gasteiger partial charge is 0.340 e. The predicted molar refractivity (Wildman–Crippen MR) is 98.4 cm³/mol. The van der Waals surface area contributed by atoms with Crippen LogP contribution in [0.2, 0.25) is 0 Å². The SMILES string of the molecule is Cc1cccc(-c2[nH]c(C(C)C)nc2C2=CC3=CNSN3C=C2)n1. The van der Waals surface area contributed by atoms with Crippen LogP contribution in [0, 0.1) is 6.92 Å². The van der Waals surface area contributed by atoms with E-state index in [4.69, 9.17) is 4.98 Å². The van der Waals surface area contributed by atoms with Crippen molar-refractivity contribution in [2.45, 2.75) is 26.7 Å². The van der Waals surface area contributed by atoms with Gasteiger partial charge in [-0.15, -0.1) is 0 Å². The Balaban J connectivity index is 1.84. The minimum atomic E-state index is 0.329. The summed E-state index contributed by atoms with van der Waals surface area (Å²) in [4.78, 5) is 13.0. The van der Waals surface area contributed by atoms with Gasteiger partial charge in [0.25, 0.3) is 0 Å². The van der Waals surface area contributed by atoms with Crippen LogP contribution in [0.15, 0.2) is 48.4 Å². The fourth-order valence-corrected chi connectivity index (χ4v) is 3.35. The van der Waals surface area contributed by atoms with E-state index in [0.29, 0.717) is 5.92 Å². The van der Waals surface area contributed by atoms with E-state index in [-0.39, 0.29) is 0 Å². The molecule has 0 atom stereocenters. The zero-order chi connectivity index (χ0) is 16.7. The molecule has 24 heavy (non-hydrogen) atoms. The van der Waals surface area contributed by atoms with Gasteiger partial charge < -0.3 is 9.71 Å². The summed E-state index contributed by atoms with van der Waals surface area (Å²) in [7, 11) is 0. The second-order valence-electron chi connectivity index (χ2n) is 6.18. The van der Waals surface area contributed by atoms with E-state index >= 15 is 0 Å². The van der Waals surface area contributed by atoms with Gasteiger partial charge in [0.2, 0.25) is 0 Å². The summed E-state index contributed by atoms with van der Waals surface area (Å²) in [5.74, 6) is 1.31. The fourth-order valence-electron chi connectivity index (χ4n) is 2.73. The number of allylic oxidation sites excluding steroid dienone is 3. The lowest BCUT2D eigenvalue weighted by Gasteiger charge is -2.17. The molecular weight excluding hydrogens is 318 g/mol. The lowest BCUT2D eigenvalue weighted by atomic mass is 10.1. The maximum atomic E-state index is 4.87. The zero-order valence-corrected chi connectivity index (χ0v) is 14.7. The number of pyridine rings is 1. The van der Waals surface area contributed by atoms with E-state index in [0.717, 1.165) is 39.9 Å². The highest BCUT2D eigenvalue weighted by molar-refractivity contribution is 7.95. The van der Waals surface area contributed by atoms with Crippen LogP contribution in [0.5, 0.6) is 0 Å². The molecule has 6 heteroatoms. The number of fused-ring (bicyclic) bond motifs is 1. The van der Waals surface area contributed by atoms with Gasteiger partial charge in [-0.1, -0.05) is 19.9 Å². The van der Waals surface area contributed by atoms with Gasteiger partial charge in [-0.2, -0.15) is 0 Å². The molecule has 0 radical (unpaired) electrons. The standard InChI is InChI=1S/C18H19N5S/c1-11(2)18-21-16(13-7-8-23-14(9-13)10-19-24-23)17(22-18)15-6-4-5-12(3)20-15/h4-11,19H,1-3H3,(H,21,22). The summed E-state index contributed by atoms with van der Waals surface area (Å²) in [5.41, 5.74) is 6.06. The molecule has 4 heterocycles. The Labute approximate surface area is 145 Å². The van der Waals surface area contributed by atoms with Crippen molar-refractivity contribution in [3.05, 3.63) is 65.7 Å². The zero-order valence-electron chi connectivity index (χ0n) is 13.9. The van der Waals surface area contributed by atoms with Gasteiger partial charge in [0.05, 0.1) is 34.9 Å². The molecule has 2 aromatic rings. The number of imidazole rings is 1. The molecule has 0 saturated heterocycles. The van der Waals surface area contributed by atoms with Crippen molar-refractivity contribution in [3.8, 4) is 11.4 Å². The van der Waals surface area contributed by atoms with Gasteiger partial charge in [-0.25, -0.2) is 4.98 Å². The van der Waals surface area contributed by atoms with Gasteiger partial charge in [0.15, 0.2) is 0 Å². The third-order valence-corrected chi connectivity index (χ3v) is 4.74. The topological polar surface area (TPSA) is 56.8 Å². The molecule has 0 spiro atoms. The molecular formula is C18H19N5S. The molecule has 0 unspecified atom stereocenters. The van der Waals surface area contributed by atoms with Gasteiger partial charge in [0, 0.05) is 29.6 Å². The number of nitrogens with zero attached hydrogens (tertiary/aromatic N) is 3. The summed E-state index contributed by atoms with van der Waals surface area (Å²) in [6.45, 7) is 6.29. The van der Waals surface area contributed by atoms with E-state index < -0.39 is 0 Å². The molecule has 2 aromatic heterocycles. The molecule has 0 aliphatic carbocycles. The van der Waals surface area contributed by atoms with Gasteiger partial charge in [0.1, 0.15) is 5.82 Å². The van der Waals surface area contributed by atoms with Crippen molar-refractivity contribution in [3.63, 3.8) is 0 Å². The Morgan fingerprint density at radius 3 is 2.88 bits per heavy atom. The van der Waals surface area contributed by atoms with Crippen LogP contribution < -0.4 is 4.72 Å². The normalized spacial score (nSPS) is 16.1. The Bertz CT molecular complexity index is 875. The molecule has 0 saturated carbocycles. The average Bonchev–Trinajstić information content (AvgIpc) is 3.21. The minimum Gasteiger partial charge on any atom is -0.340 e. The quantitative estimate of drug-likeness (QED) is 0.825. The Morgan fingerprint density at radius 2 is 2.08 bits per heavy atom. The van der Waals surface area contributed by atoms with E-state index in [1.54, 1.807) is 12.1 Å². The van der Waals surface area contributed by atoms with E-state index in [1.807, 2.05) is 31.3 Å². The Kier molecular flexibility index (Phi) is 3.69. The molecule has 0 aromatic carbocycles. The first-order chi connectivity index (χ1) is 11.6. The highest BCUT2D eigenvalue weighted by atomic mass is 32.2. The van der Waals surface area contributed by atoms with Crippen LogP contribution in [-0.4, -0.2) is 19.3 Å². The first kappa shape index (κ1) is 15.1. The van der Waals surface area contributed by atoms with Crippen LogP contribution in [0.4, 0.5) is 0 Å². The summed E-state index contributed by atoms with van der Waals surface area (Å²) >= 11 is 1.55. The van der Waals surface area contributed by atoms with Crippen LogP contribution in [0.25, 0.3) is 17.0 Å². The molecule has 4 rings (SSSR count). The Hall–Kier alpha value is -2.47. The molecule has 2 aliphatic rings. The molecule has 2 aliphatic heterocycles. The number of rotatable bonds is 3. The van der Waals surface area contributed by atoms with Crippen molar-refractivity contribution in [2.24, 2.45) is 0 Å². The monoisotopic (exact) mass is 337 g/mol. The van der Waals surface area contributed by atoms with Gasteiger partial charge >= 0.3 is 0 Å². The summed E-state index contributed by atoms with van der Waals surface area (Å²) in [6.07, 6.45) is 8.29. The number of aromatic amines is 1. The molecule has 122 valence electrons. The van der Waals surface area contributed by atoms with Crippen LogP contribution in [0.1, 0.15) is 37.0 Å². The van der Waals surface area contributed by atoms with Crippen molar-refractivity contribution >= 4 is 17.7 Å². The summed E-state index contributed by atoms with van der Waals surface area (Å²) < 4.78 is 5.25. The third-order valence-electron chi connectivity index (χ3n) is 3.99. The second kappa shape index (κ2) is 5.87. The van der Waals surface area contributed by atoms with Crippen molar-refractivity contribution in [1.82, 2.24) is 24.0 Å². The van der Waals surface area contributed by atoms with Crippen molar-refractivity contribution < 1.29 is 0 Å². The molecule has 0 bridgehead atoms. The first-order valence-corrected chi connectivity index (χ1v) is 8.75. The van der Waals surface area contributed by atoms with E-state index in [9.17, 15) is 0 Å². The van der Waals surface area contributed by atoms with Crippen LogP contribution >= 0.6 is 12.1 Å². The van der Waals surface area contributed by atoms with Crippen molar-refractivity contribution in [1.29, 1.82) is 0 Å². The number of hydrogen-bond donors (Lipinski definition) is 2. The summed E-state index contributed by atoms with van der Waals surface area (Å²) in [6, 6.07) is 6.07.